The number of hydrogen-bond donors (Lipinski definition) is 2. The van der Waals surface area contributed by atoms with Crippen LogP contribution >= 0.6 is 0 Å². The molecule has 0 aliphatic carbocycles. The summed E-state index contributed by atoms with van der Waals surface area (Å²) in [5.74, 6) is 1.25. The van der Waals surface area contributed by atoms with Gasteiger partial charge in [0.1, 0.15) is 5.82 Å². The molecule has 0 spiro atoms. The molecule has 0 unspecified atom stereocenters. The van der Waals surface area contributed by atoms with Crippen molar-refractivity contribution in [1.29, 1.82) is 0 Å². The number of nitrogens with zero attached hydrogens (tertiary/aromatic N) is 2. The Morgan fingerprint density at radius 3 is 2.84 bits per heavy atom. The molecule has 2 heterocycles. The van der Waals surface area contributed by atoms with Crippen molar-refractivity contribution in [1.82, 2.24) is 9.97 Å². The second-order valence-electron chi connectivity index (χ2n) is 4.96. The zero-order chi connectivity index (χ0) is 13.2. The van der Waals surface area contributed by atoms with Gasteiger partial charge in [0.25, 0.3) is 0 Å². The van der Waals surface area contributed by atoms with E-state index in [0.717, 1.165) is 42.9 Å². The smallest absolute Gasteiger partial charge is 0.222 e. The fourth-order valence-electron chi connectivity index (χ4n) is 2.58. The Hall–Kier alpha value is -2.10. The van der Waals surface area contributed by atoms with Crippen LogP contribution < -0.4 is 11.1 Å². The van der Waals surface area contributed by atoms with Crippen LogP contribution in [0.25, 0.3) is 11.3 Å². The van der Waals surface area contributed by atoms with E-state index < -0.39 is 0 Å². The lowest BCUT2D eigenvalue weighted by atomic mass is 9.99. The van der Waals surface area contributed by atoms with Crippen molar-refractivity contribution >= 4 is 11.8 Å². The predicted octanol–water partition coefficient (Wildman–Crippen LogP) is 2.78. The number of aryl methyl sites for hydroxylation is 1. The lowest BCUT2D eigenvalue weighted by Crippen LogP contribution is -2.08. The van der Waals surface area contributed by atoms with Gasteiger partial charge >= 0.3 is 0 Å². The van der Waals surface area contributed by atoms with Gasteiger partial charge in [-0.15, -0.1) is 0 Å². The van der Waals surface area contributed by atoms with Crippen molar-refractivity contribution < 1.29 is 0 Å². The summed E-state index contributed by atoms with van der Waals surface area (Å²) in [5.41, 5.74) is 10.4. The summed E-state index contributed by atoms with van der Waals surface area (Å²) in [6.45, 7) is 3.06. The van der Waals surface area contributed by atoms with Crippen LogP contribution in [0.4, 0.5) is 11.8 Å². The number of nitrogens with two attached hydrogens (primary N) is 1. The van der Waals surface area contributed by atoms with Gasteiger partial charge in [-0.3, -0.25) is 0 Å². The lowest BCUT2D eigenvalue weighted by molar-refractivity contribution is 0.785. The number of aromatic nitrogens is 2. The Labute approximate surface area is 113 Å². The Morgan fingerprint density at radius 1 is 1.16 bits per heavy atom. The highest BCUT2D eigenvalue weighted by Gasteiger charge is 2.17. The molecular formula is C15H18N4. The van der Waals surface area contributed by atoms with E-state index >= 15 is 0 Å². The number of nitrogen functional groups attached to an aromatic ring is 1. The minimum Gasteiger partial charge on any atom is -0.370 e. The average Bonchev–Trinajstić information content (AvgIpc) is 2.63. The molecule has 19 heavy (non-hydrogen) atoms. The minimum absolute atomic E-state index is 0.339. The fraction of sp³-hybridized carbons (Fsp3) is 0.333. The van der Waals surface area contributed by atoms with Crippen molar-refractivity contribution in [2.45, 2.75) is 26.2 Å². The lowest BCUT2D eigenvalue weighted by Gasteiger charge is -2.14. The summed E-state index contributed by atoms with van der Waals surface area (Å²) in [6.07, 6.45) is 3.32. The van der Waals surface area contributed by atoms with Crippen LogP contribution in [0.1, 0.15) is 24.0 Å². The molecule has 3 N–H and O–H groups in total. The highest BCUT2D eigenvalue weighted by Crippen LogP contribution is 2.31. The molecule has 0 amide bonds. The molecule has 1 aromatic carbocycles. The number of rotatable bonds is 1. The van der Waals surface area contributed by atoms with Gasteiger partial charge in [0.05, 0.1) is 5.69 Å². The Morgan fingerprint density at radius 2 is 2.00 bits per heavy atom. The van der Waals surface area contributed by atoms with E-state index in [0.29, 0.717) is 5.95 Å². The molecule has 0 radical (unpaired) electrons. The second-order valence-corrected chi connectivity index (χ2v) is 4.96. The van der Waals surface area contributed by atoms with Crippen LogP contribution in [0, 0.1) is 6.92 Å². The topological polar surface area (TPSA) is 63.8 Å². The molecule has 1 aliphatic rings. The number of hydrogen-bond acceptors (Lipinski definition) is 4. The quantitative estimate of drug-likeness (QED) is 0.821. The van der Waals surface area contributed by atoms with E-state index in [1.165, 1.54) is 11.1 Å². The van der Waals surface area contributed by atoms with Crippen LogP contribution in [-0.2, 0) is 6.42 Å². The maximum Gasteiger partial charge on any atom is 0.222 e. The van der Waals surface area contributed by atoms with E-state index in [1.54, 1.807) is 0 Å². The van der Waals surface area contributed by atoms with Gasteiger partial charge in [-0.05, 0) is 31.7 Å². The summed E-state index contributed by atoms with van der Waals surface area (Å²) in [5, 5.41) is 3.36. The average molecular weight is 254 g/mol. The van der Waals surface area contributed by atoms with Crippen LogP contribution in [0.3, 0.4) is 0 Å². The standard InChI is InChI=1S/C15H18N4/c1-10-6-2-3-7-11(10)13-12-8-4-5-9-17-14(12)19-15(16)18-13/h2-3,6-7H,4-5,8-9H2,1H3,(H3,16,17,18,19). The first-order valence-corrected chi connectivity index (χ1v) is 6.72. The monoisotopic (exact) mass is 254 g/mol. The van der Waals surface area contributed by atoms with Crippen LogP contribution in [0.2, 0.25) is 0 Å². The molecule has 0 saturated heterocycles. The molecule has 98 valence electrons. The highest BCUT2D eigenvalue weighted by atomic mass is 15.1. The van der Waals surface area contributed by atoms with E-state index in [2.05, 4.69) is 34.3 Å². The van der Waals surface area contributed by atoms with Gasteiger partial charge in [0, 0.05) is 17.7 Å². The Kier molecular flexibility index (Phi) is 3.07. The zero-order valence-corrected chi connectivity index (χ0v) is 11.1. The third kappa shape index (κ3) is 2.26. The van der Waals surface area contributed by atoms with Gasteiger partial charge in [0.2, 0.25) is 5.95 Å². The Bertz CT molecular complexity index is 607. The normalized spacial score (nSPS) is 14.4. The van der Waals surface area contributed by atoms with Gasteiger partial charge in [0.15, 0.2) is 0 Å². The van der Waals surface area contributed by atoms with E-state index in [9.17, 15) is 0 Å². The summed E-state index contributed by atoms with van der Waals surface area (Å²) < 4.78 is 0. The van der Waals surface area contributed by atoms with Crippen LogP contribution in [-0.4, -0.2) is 16.5 Å². The Balaban J connectivity index is 2.21. The number of fused-ring (bicyclic) bond motifs is 1. The first-order valence-electron chi connectivity index (χ1n) is 6.72. The SMILES string of the molecule is Cc1ccccc1-c1nc(N)nc2c1CCCCN2. The molecule has 0 saturated carbocycles. The van der Waals surface area contributed by atoms with E-state index in [-0.39, 0.29) is 0 Å². The molecular weight excluding hydrogens is 236 g/mol. The maximum absolute atomic E-state index is 5.86. The number of anilines is 2. The van der Waals surface area contributed by atoms with Crippen molar-refractivity contribution in [2.75, 3.05) is 17.6 Å². The third-order valence-electron chi connectivity index (χ3n) is 3.57. The first-order chi connectivity index (χ1) is 9.25. The highest BCUT2D eigenvalue weighted by molar-refractivity contribution is 5.72. The van der Waals surface area contributed by atoms with Gasteiger partial charge in [-0.25, -0.2) is 4.98 Å². The van der Waals surface area contributed by atoms with E-state index in [4.69, 9.17) is 5.73 Å². The van der Waals surface area contributed by atoms with Crippen molar-refractivity contribution in [3.63, 3.8) is 0 Å². The number of benzene rings is 1. The molecule has 0 fully saturated rings. The van der Waals surface area contributed by atoms with Crippen LogP contribution in [0.5, 0.6) is 0 Å². The first kappa shape index (κ1) is 12.0. The van der Waals surface area contributed by atoms with Gasteiger partial charge in [-0.1, -0.05) is 24.3 Å². The largest absolute Gasteiger partial charge is 0.370 e. The molecule has 0 bridgehead atoms. The zero-order valence-electron chi connectivity index (χ0n) is 11.1. The molecule has 3 rings (SSSR count). The van der Waals surface area contributed by atoms with E-state index in [1.807, 2.05) is 12.1 Å². The molecule has 1 aromatic heterocycles. The van der Waals surface area contributed by atoms with Crippen molar-refractivity contribution in [3.05, 3.63) is 35.4 Å². The molecule has 4 heteroatoms. The maximum atomic E-state index is 5.86. The predicted molar refractivity (Wildman–Crippen MR) is 78.0 cm³/mol. The van der Waals surface area contributed by atoms with Crippen molar-refractivity contribution in [2.24, 2.45) is 0 Å². The van der Waals surface area contributed by atoms with Gasteiger partial charge < -0.3 is 11.1 Å². The minimum atomic E-state index is 0.339. The summed E-state index contributed by atoms with van der Waals surface area (Å²) in [6, 6.07) is 8.28. The summed E-state index contributed by atoms with van der Waals surface area (Å²) >= 11 is 0. The molecule has 2 aromatic rings. The summed E-state index contributed by atoms with van der Waals surface area (Å²) in [7, 11) is 0. The molecule has 1 aliphatic heterocycles. The van der Waals surface area contributed by atoms with Crippen LogP contribution in [0.15, 0.2) is 24.3 Å². The van der Waals surface area contributed by atoms with Gasteiger partial charge in [-0.2, -0.15) is 4.98 Å². The van der Waals surface area contributed by atoms with Crippen molar-refractivity contribution in [3.8, 4) is 11.3 Å². The number of nitrogens with one attached hydrogen (secondary N) is 1. The summed E-state index contributed by atoms with van der Waals surface area (Å²) in [4.78, 5) is 8.83. The fourth-order valence-corrected chi connectivity index (χ4v) is 2.58. The molecule has 4 nitrogen and oxygen atoms in total. The third-order valence-corrected chi connectivity index (χ3v) is 3.57. The second kappa shape index (κ2) is 4.88. The molecule has 0 atom stereocenters.